The van der Waals surface area contributed by atoms with E-state index >= 15 is 0 Å². The maximum absolute atomic E-state index is 14.6. The van der Waals surface area contributed by atoms with Gasteiger partial charge in [0.15, 0.2) is 0 Å². The molecule has 1 aromatic heterocycles. The van der Waals surface area contributed by atoms with Gasteiger partial charge in [-0.25, -0.2) is 13.2 Å². The minimum Gasteiger partial charge on any atom is -0.356 e. The van der Waals surface area contributed by atoms with E-state index in [4.69, 9.17) is 11.6 Å². The highest BCUT2D eigenvalue weighted by Gasteiger charge is 2.34. The van der Waals surface area contributed by atoms with Crippen LogP contribution < -0.4 is 5.32 Å². The number of rotatable bonds is 5. The predicted octanol–water partition coefficient (Wildman–Crippen LogP) is 4.99. The van der Waals surface area contributed by atoms with E-state index in [0.717, 1.165) is 17.7 Å². The number of fused-ring (bicyclic) bond motifs is 1. The molecule has 6 nitrogen and oxygen atoms in total. The molecule has 0 bridgehead atoms. The number of carbonyl (C=O) groups excluding carboxylic acids is 2. The largest absolute Gasteiger partial charge is 0.356 e. The van der Waals surface area contributed by atoms with E-state index < -0.39 is 29.4 Å². The van der Waals surface area contributed by atoms with Gasteiger partial charge in [-0.3, -0.25) is 14.3 Å². The van der Waals surface area contributed by atoms with E-state index in [1.165, 1.54) is 18.2 Å². The average Bonchev–Trinajstić information content (AvgIpc) is 3.41. The summed E-state index contributed by atoms with van der Waals surface area (Å²) in [6.45, 7) is 2.71. The highest BCUT2D eigenvalue weighted by molar-refractivity contribution is 6.34. The predicted molar refractivity (Wildman–Crippen MR) is 133 cm³/mol. The molecular weight excluding hydrogens is 505 g/mol. The second-order valence-corrected chi connectivity index (χ2v) is 10.1. The molecule has 3 aromatic rings. The molecular formula is C27H26ClF3N4O2. The van der Waals surface area contributed by atoms with Crippen LogP contribution in [0.25, 0.3) is 11.3 Å². The van der Waals surface area contributed by atoms with Crippen molar-refractivity contribution in [1.29, 1.82) is 0 Å². The highest BCUT2D eigenvalue weighted by atomic mass is 35.5. The van der Waals surface area contributed by atoms with Crippen LogP contribution in [-0.2, 0) is 24.7 Å². The molecule has 2 aliphatic rings. The third-order valence-electron chi connectivity index (χ3n) is 7.27. The maximum Gasteiger partial charge on any atom is 0.256 e. The van der Waals surface area contributed by atoms with E-state index in [0.29, 0.717) is 61.3 Å². The van der Waals surface area contributed by atoms with Gasteiger partial charge in [-0.15, -0.1) is 0 Å². The van der Waals surface area contributed by atoms with Crippen molar-refractivity contribution in [3.8, 4) is 11.3 Å². The Morgan fingerprint density at radius 3 is 2.51 bits per heavy atom. The summed E-state index contributed by atoms with van der Waals surface area (Å²) < 4.78 is 43.9. The quantitative estimate of drug-likeness (QED) is 0.505. The molecule has 37 heavy (non-hydrogen) atoms. The Bertz CT molecular complexity index is 1390. The Morgan fingerprint density at radius 1 is 1.14 bits per heavy atom. The highest BCUT2D eigenvalue weighted by Crippen LogP contribution is 2.37. The molecule has 10 heteroatoms. The van der Waals surface area contributed by atoms with Gasteiger partial charge in [-0.1, -0.05) is 11.6 Å². The molecule has 2 unspecified atom stereocenters. The Morgan fingerprint density at radius 2 is 1.84 bits per heavy atom. The minimum atomic E-state index is -0.682. The molecule has 0 spiro atoms. The summed E-state index contributed by atoms with van der Waals surface area (Å²) in [5, 5.41) is 7.56. The maximum atomic E-state index is 14.6. The smallest absolute Gasteiger partial charge is 0.256 e. The number of hydrogen-bond donors (Lipinski definition) is 1. The Kier molecular flexibility index (Phi) is 6.74. The number of aryl methyl sites for hydroxylation is 2. The van der Waals surface area contributed by atoms with Gasteiger partial charge in [0.1, 0.15) is 17.5 Å². The minimum absolute atomic E-state index is 0.00451. The van der Waals surface area contributed by atoms with Crippen molar-refractivity contribution < 1.29 is 22.8 Å². The second-order valence-electron chi connectivity index (χ2n) is 9.76. The topological polar surface area (TPSA) is 67.2 Å². The molecule has 0 saturated carbocycles. The molecule has 1 N–H and O–H groups in total. The summed E-state index contributed by atoms with van der Waals surface area (Å²) in [4.78, 5) is 26.6. The lowest BCUT2D eigenvalue weighted by Crippen LogP contribution is -2.39. The number of benzene rings is 2. The first-order chi connectivity index (χ1) is 17.6. The molecule has 194 valence electrons. The first-order valence-electron chi connectivity index (χ1n) is 12.2. The molecule has 2 atom stereocenters. The summed E-state index contributed by atoms with van der Waals surface area (Å²) in [6.07, 6.45) is 1.94. The first kappa shape index (κ1) is 25.3. The van der Waals surface area contributed by atoms with Crippen LogP contribution >= 0.6 is 11.6 Å². The van der Waals surface area contributed by atoms with Gasteiger partial charge in [-0.2, -0.15) is 5.10 Å². The zero-order valence-corrected chi connectivity index (χ0v) is 21.2. The van der Waals surface area contributed by atoms with Gasteiger partial charge < -0.3 is 10.2 Å². The van der Waals surface area contributed by atoms with E-state index in [1.54, 1.807) is 16.6 Å². The van der Waals surface area contributed by atoms with Gasteiger partial charge >= 0.3 is 0 Å². The molecule has 1 saturated heterocycles. The molecule has 3 heterocycles. The SMILES string of the molecule is CC1c2nn(C)c(-c3cc(F)cc(F)c3)c2CCN1C(=O)c1cc(F)cc(CCC2CNC(=O)C2)c1Cl. The molecule has 2 aliphatic heterocycles. The summed E-state index contributed by atoms with van der Waals surface area (Å²) in [5.74, 6) is -2.18. The van der Waals surface area contributed by atoms with Crippen LogP contribution in [0.1, 0.15) is 53.0 Å². The van der Waals surface area contributed by atoms with Crippen LogP contribution in [0, 0.1) is 23.4 Å². The number of halogens is 4. The van der Waals surface area contributed by atoms with E-state index in [2.05, 4.69) is 10.4 Å². The third-order valence-corrected chi connectivity index (χ3v) is 7.71. The Hall–Kier alpha value is -3.33. The van der Waals surface area contributed by atoms with E-state index in [-0.39, 0.29) is 22.4 Å². The number of nitrogens with one attached hydrogen (secondary N) is 1. The summed E-state index contributed by atoms with van der Waals surface area (Å²) in [6, 6.07) is 5.35. The lowest BCUT2D eigenvalue weighted by molar-refractivity contribution is -0.119. The summed E-state index contributed by atoms with van der Waals surface area (Å²) >= 11 is 6.61. The van der Waals surface area contributed by atoms with Crippen molar-refractivity contribution in [3.63, 3.8) is 0 Å². The fourth-order valence-corrected chi connectivity index (χ4v) is 5.72. The number of nitrogens with zero attached hydrogens (tertiary/aromatic N) is 3. The zero-order valence-electron chi connectivity index (χ0n) is 20.5. The van der Waals surface area contributed by atoms with Crippen LogP contribution in [-0.4, -0.2) is 39.6 Å². The Labute approximate surface area is 217 Å². The van der Waals surface area contributed by atoms with Crippen LogP contribution in [0.5, 0.6) is 0 Å². The fraction of sp³-hybridized carbons (Fsp3) is 0.370. The Balaban J connectivity index is 1.41. The van der Waals surface area contributed by atoms with Crippen molar-refractivity contribution in [3.05, 3.63) is 75.2 Å². The van der Waals surface area contributed by atoms with E-state index in [9.17, 15) is 22.8 Å². The average molecular weight is 531 g/mol. The van der Waals surface area contributed by atoms with Crippen molar-refractivity contribution in [2.24, 2.45) is 13.0 Å². The van der Waals surface area contributed by atoms with E-state index in [1.807, 2.05) is 6.92 Å². The molecule has 0 aliphatic carbocycles. The number of aromatic nitrogens is 2. The number of amides is 2. The van der Waals surface area contributed by atoms with Crippen LogP contribution in [0.3, 0.4) is 0 Å². The van der Waals surface area contributed by atoms with Gasteiger partial charge in [0.2, 0.25) is 5.91 Å². The molecule has 2 aromatic carbocycles. The van der Waals surface area contributed by atoms with Crippen LogP contribution in [0.2, 0.25) is 5.02 Å². The third kappa shape index (κ3) is 4.84. The zero-order chi connectivity index (χ0) is 26.4. The summed E-state index contributed by atoms with van der Waals surface area (Å²) in [5.41, 5.74) is 3.01. The second kappa shape index (κ2) is 9.85. The lowest BCUT2D eigenvalue weighted by Gasteiger charge is -2.33. The first-order valence-corrected chi connectivity index (χ1v) is 12.6. The van der Waals surface area contributed by atoms with Crippen molar-refractivity contribution in [2.45, 2.75) is 38.6 Å². The number of carbonyl (C=O) groups is 2. The van der Waals surface area contributed by atoms with Crippen molar-refractivity contribution >= 4 is 23.4 Å². The van der Waals surface area contributed by atoms with Gasteiger partial charge in [0.25, 0.3) is 5.91 Å². The fourth-order valence-electron chi connectivity index (χ4n) is 5.44. The van der Waals surface area contributed by atoms with Gasteiger partial charge in [-0.05, 0) is 61.9 Å². The van der Waals surface area contributed by atoms with Crippen molar-refractivity contribution in [2.75, 3.05) is 13.1 Å². The monoisotopic (exact) mass is 530 g/mol. The van der Waals surface area contributed by atoms with Gasteiger partial charge in [0.05, 0.1) is 28.0 Å². The molecule has 1 fully saturated rings. The molecule has 0 radical (unpaired) electrons. The molecule has 5 rings (SSSR count). The standard InChI is InChI=1S/C27H26ClF3N4O2/c1-14-25-21(26(34(2)33-25)17-9-18(29)11-19(30)10-17)5-6-35(14)27(37)22-12-20(31)8-16(24(22)28)4-3-15-7-23(36)32-13-15/h8-12,14-15H,3-7,13H2,1-2H3,(H,32,36). The normalized spacial score (nSPS) is 19.2. The van der Waals surface area contributed by atoms with Gasteiger partial charge in [0, 0.05) is 43.8 Å². The van der Waals surface area contributed by atoms with Crippen LogP contribution in [0.4, 0.5) is 13.2 Å². The lowest BCUT2D eigenvalue weighted by atomic mass is 9.94. The van der Waals surface area contributed by atoms with Crippen LogP contribution in [0.15, 0.2) is 30.3 Å². The summed E-state index contributed by atoms with van der Waals surface area (Å²) in [7, 11) is 1.69. The molecule has 2 amide bonds. The number of hydrogen-bond acceptors (Lipinski definition) is 3. The van der Waals surface area contributed by atoms with Crippen molar-refractivity contribution in [1.82, 2.24) is 20.0 Å².